The molecule has 0 radical (unpaired) electrons. The highest BCUT2D eigenvalue weighted by Gasteiger charge is 2.27. The van der Waals surface area contributed by atoms with Crippen LogP contribution in [0.5, 0.6) is 5.75 Å². The Hall–Kier alpha value is -2.89. The number of nitrogens with one attached hydrogen (secondary N) is 1. The number of halogens is 1. The number of ether oxygens (including phenoxy) is 1. The van der Waals surface area contributed by atoms with Gasteiger partial charge in [-0.25, -0.2) is 4.39 Å². The van der Waals surface area contributed by atoms with Crippen molar-refractivity contribution in [3.63, 3.8) is 0 Å². The molecule has 1 aliphatic heterocycles. The van der Waals surface area contributed by atoms with Crippen LogP contribution in [0.4, 0.5) is 15.8 Å². The summed E-state index contributed by atoms with van der Waals surface area (Å²) in [6, 6.07) is 11.9. The van der Waals surface area contributed by atoms with Crippen molar-refractivity contribution in [3.05, 3.63) is 53.8 Å². The standard InChI is InChI=1S/C22H25FN2O3/c1-22(2,3)15-10-11-19-18(13-15)25(21(27)14-28-19)12-6-9-20(26)24-17-8-5-4-7-16(17)23/h4-5,7-8,10-11,13H,6,9,12,14H2,1-3H3,(H,24,26). The minimum atomic E-state index is -0.470. The number of para-hydroxylation sites is 1. The van der Waals surface area contributed by atoms with Crippen molar-refractivity contribution in [2.24, 2.45) is 0 Å². The van der Waals surface area contributed by atoms with Gasteiger partial charge in [-0.05, 0) is 41.7 Å². The van der Waals surface area contributed by atoms with E-state index in [-0.39, 0.29) is 35.9 Å². The Morgan fingerprint density at radius 1 is 1.21 bits per heavy atom. The van der Waals surface area contributed by atoms with Crippen LogP contribution in [0.2, 0.25) is 0 Å². The van der Waals surface area contributed by atoms with E-state index < -0.39 is 5.82 Å². The average Bonchev–Trinajstić information content (AvgIpc) is 2.64. The number of fused-ring (bicyclic) bond motifs is 1. The third-order valence-electron chi connectivity index (χ3n) is 4.70. The van der Waals surface area contributed by atoms with Crippen LogP contribution < -0.4 is 15.0 Å². The van der Waals surface area contributed by atoms with E-state index in [1.807, 2.05) is 18.2 Å². The Balaban J connectivity index is 1.65. The number of amides is 2. The van der Waals surface area contributed by atoms with Crippen LogP contribution >= 0.6 is 0 Å². The molecule has 2 aromatic carbocycles. The van der Waals surface area contributed by atoms with E-state index in [0.29, 0.717) is 18.7 Å². The van der Waals surface area contributed by atoms with E-state index >= 15 is 0 Å². The van der Waals surface area contributed by atoms with Crippen LogP contribution in [-0.2, 0) is 15.0 Å². The smallest absolute Gasteiger partial charge is 0.265 e. The predicted molar refractivity (Wildman–Crippen MR) is 107 cm³/mol. The Kier molecular flexibility index (Phi) is 5.68. The minimum absolute atomic E-state index is 0.0106. The summed E-state index contributed by atoms with van der Waals surface area (Å²) in [5.74, 6) is -0.214. The van der Waals surface area contributed by atoms with Crippen molar-refractivity contribution in [2.75, 3.05) is 23.4 Å². The maximum Gasteiger partial charge on any atom is 0.265 e. The van der Waals surface area contributed by atoms with Gasteiger partial charge < -0.3 is 15.0 Å². The van der Waals surface area contributed by atoms with Gasteiger partial charge in [-0.3, -0.25) is 9.59 Å². The first-order valence-electron chi connectivity index (χ1n) is 9.38. The summed E-state index contributed by atoms with van der Waals surface area (Å²) in [6.45, 7) is 6.71. The second kappa shape index (κ2) is 8.00. The number of hydrogen-bond donors (Lipinski definition) is 1. The minimum Gasteiger partial charge on any atom is -0.482 e. The second-order valence-corrected chi connectivity index (χ2v) is 7.90. The lowest BCUT2D eigenvalue weighted by Crippen LogP contribution is -2.39. The molecule has 0 aliphatic carbocycles. The molecule has 1 heterocycles. The van der Waals surface area contributed by atoms with E-state index in [1.54, 1.807) is 17.0 Å². The molecular formula is C22H25FN2O3. The van der Waals surface area contributed by atoms with Gasteiger partial charge in [0.2, 0.25) is 5.91 Å². The van der Waals surface area contributed by atoms with Gasteiger partial charge in [0, 0.05) is 13.0 Å². The summed E-state index contributed by atoms with van der Waals surface area (Å²) in [4.78, 5) is 26.2. The fourth-order valence-corrected chi connectivity index (χ4v) is 3.09. The molecule has 1 N–H and O–H groups in total. The van der Waals surface area contributed by atoms with Crippen molar-refractivity contribution in [2.45, 2.75) is 39.0 Å². The van der Waals surface area contributed by atoms with Gasteiger partial charge in [-0.2, -0.15) is 0 Å². The largest absolute Gasteiger partial charge is 0.482 e. The molecule has 0 saturated carbocycles. The summed E-state index contributed by atoms with van der Waals surface area (Å²) >= 11 is 0. The zero-order chi connectivity index (χ0) is 20.3. The number of anilines is 2. The molecule has 3 rings (SSSR count). The van der Waals surface area contributed by atoms with Gasteiger partial charge >= 0.3 is 0 Å². The molecule has 0 bridgehead atoms. The molecular weight excluding hydrogens is 359 g/mol. The first-order valence-corrected chi connectivity index (χ1v) is 9.38. The van der Waals surface area contributed by atoms with Crippen LogP contribution in [0.3, 0.4) is 0 Å². The third-order valence-corrected chi connectivity index (χ3v) is 4.70. The first-order chi connectivity index (χ1) is 13.3. The molecule has 0 aromatic heterocycles. The van der Waals surface area contributed by atoms with Gasteiger partial charge in [-0.1, -0.05) is 39.0 Å². The molecule has 0 fully saturated rings. The summed E-state index contributed by atoms with van der Waals surface area (Å²) in [5, 5.41) is 2.57. The predicted octanol–water partition coefficient (Wildman–Crippen LogP) is 4.27. The van der Waals surface area contributed by atoms with Crippen molar-refractivity contribution in [1.29, 1.82) is 0 Å². The Morgan fingerprint density at radius 2 is 1.96 bits per heavy atom. The maximum absolute atomic E-state index is 13.6. The highest BCUT2D eigenvalue weighted by molar-refractivity contribution is 5.98. The fourth-order valence-electron chi connectivity index (χ4n) is 3.09. The molecule has 6 heteroatoms. The van der Waals surface area contributed by atoms with Crippen LogP contribution in [-0.4, -0.2) is 25.0 Å². The number of hydrogen-bond acceptors (Lipinski definition) is 3. The lowest BCUT2D eigenvalue weighted by Gasteiger charge is -2.31. The van der Waals surface area contributed by atoms with Crippen molar-refractivity contribution >= 4 is 23.2 Å². The Morgan fingerprint density at radius 3 is 2.68 bits per heavy atom. The quantitative estimate of drug-likeness (QED) is 0.838. The molecule has 0 saturated heterocycles. The van der Waals surface area contributed by atoms with Gasteiger partial charge in [0.05, 0.1) is 11.4 Å². The number of nitrogens with zero attached hydrogens (tertiary/aromatic N) is 1. The normalized spacial score (nSPS) is 13.7. The number of carbonyl (C=O) groups is 2. The van der Waals surface area contributed by atoms with Crippen molar-refractivity contribution in [1.82, 2.24) is 0 Å². The molecule has 1 aliphatic rings. The number of carbonyl (C=O) groups excluding carboxylic acids is 2. The van der Waals surface area contributed by atoms with Crippen molar-refractivity contribution in [3.8, 4) is 5.75 Å². The van der Waals surface area contributed by atoms with Crippen LogP contribution in [0.25, 0.3) is 0 Å². The molecule has 2 amide bonds. The summed E-state index contributed by atoms with van der Waals surface area (Å²) in [5.41, 5.74) is 1.95. The molecule has 5 nitrogen and oxygen atoms in total. The van der Waals surface area contributed by atoms with Gasteiger partial charge in [0.1, 0.15) is 11.6 Å². The van der Waals surface area contributed by atoms with E-state index in [9.17, 15) is 14.0 Å². The van der Waals surface area contributed by atoms with E-state index in [0.717, 1.165) is 11.3 Å². The molecule has 2 aromatic rings. The van der Waals surface area contributed by atoms with E-state index in [4.69, 9.17) is 4.74 Å². The van der Waals surface area contributed by atoms with Crippen LogP contribution in [0.1, 0.15) is 39.2 Å². The highest BCUT2D eigenvalue weighted by atomic mass is 19.1. The maximum atomic E-state index is 13.6. The Labute approximate surface area is 164 Å². The van der Waals surface area contributed by atoms with E-state index in [1.165, 1.54) is 12.1 Å². The molecule has 0 spiro atoms. The molecule has 148 valence electrons. The van der Waals surface area contributed by atoms with Crippen molar-refractivity contribution < 1.29 is 18.7 Å². The first kappa shape index (κ1) is 19.9. The SMILES string of the molecule is CC(C)(C)c1ccc2c(c1)N(CCCC(=O)Nc1ccccc1F)C(=O)CO2. The molecule has 0 unspecified atom stereocenters. The topological polar surface area (TPSA) is 58.6 Å². The summed E-state index contributed by atoms with van der Waals surface area (Å²) < 4.78 is 19.2. The van der Waals surface area contributed by atoms with Gasteiger partial charge in [0.15, 0.2) is 6.61 Å². The number of benzene rings is 2. The summed E-state index contributed by atoms with van der Waals surface area (Å²) in [7, 11) is 0. The fraction of sp³-hybridized carbons (Fsp3) is 0.364. The third kappa shape index (κ3) is 4.50. The zero-order valence-corrected chi connectivity index (χ0v) is 16.4. The lowest BCUT2D eigenvalue weighted by atomic mass is 9.86. The Bertz CT molecular complexity index is 890. The molecule has 0 atom stereocenters. The molecule has 28 heavy (non-hydrogen) atoms. The zero-order valence-electron chi connectivity index (χ0n) is 16.4. The second-order valence-electron chi connectivity index (χ2n) is 7.90. The summed E-state index contributed by atoms with van der Waals surface area (Å²) in [6.07, 6.45) is 0.651. The number of rotatable bonds is 5. The highest BCUT2D eigenvalue weighted by Crippen LogP contribution is 2.36. The van der Waals surface area contributed by atoms with Gasteiger partial charge in [-0.15, -0.1) is 0 Å². The van der Waals surface area contributed by atoms with Crippen LogP contribution in [0.15, 0.2) is 42.5 Å². The monoisotopic (exact) mass is 384 g/mol. The van der Waals surface area contributed by atoms with E-state index in [2.05, 4.69) is 26.1 Å². The lowest BCUT2D eigenvalue weighted by molar-refractivity contribution is -0.121. The van der Waals surface area contributed by atoms with Crippen LogP contribution in [0, 0.1) is 5.82 Å². The average molecular weight is 384 g/mol. The van der Waals surface area contributed by atoms with Gasteiger partial charge in [0.25, 0.3) is 5.91 Å².